The number of hydrogen-bond acceptors (Lipinski definition) is 3. The summed E-state index contributed by atoms with van der Waals surface area (Å²) >= 11 is 0. The number of ether oxygens (including phenoxy) is 1. The normalized spacial score (nSPS) is 16.8. The first-order valence-electron chi connectivity index (χ1n) is 6.58. The van der Waals surface area contributed by atoms with Gasteiger partial charge in [-0.25, -0.2) is 0 Å². The molecule has 1 N–H and O–H groups in total. The second-order valence-electron chi connectivity index (χ2n) is 5.61. The summed E-state index contributed by atoms with van der Waals surface area (Å²) < 4.78 is 5.47. The van der Waals surface area contributed by atoms with Crippen LogP contribution in [0.4, 0.5) is 0 Å². The van der Waals surface area contributed by atoms with Crippen molar-refractivity contribution in [3.8, 4) is 5.75 Å². The van der Waals surface area contributed by atoms with Crippen molar-refractivity contribution in [3.05, 3.63) is 29.3 Å². The summed E-state index contributed by atoms with van der Waals surface area (Å²) in [6.45, 7) is 3.24. The lowest BCUT2D eigenvalue weighted by molar-refractivity contribution is -0.143. The highest BCUT2D eigenvalue weighted by molar-refractivity contribution is 5.81. The van der Waals surface area contributed by atoms with Crippen molar-refractivity contribution in [2.24, 2.45) is 0 Å². The Labute approximate surface area is 114 Å². The Kier molecular flexibility index (Phi) is 3.80. The lowest BCUT2D eigenvalue weighted by Gasteiger charge is -2.27. The van der Waals surface area contributed by atoms with Gasteiger partial charge in [-0.05, 0) is 51.2 Å². The van der Waals surface area contributed by atoms with E-state index in [0.29, 0.717) is 13.0 Å². The predicted molar refractivity (Wildman–Crippen MR) is 73.8 cm³/mol. The van der Waals surface area contributed by atoms with Crippen LogP contribution < -0.4 is 4.74 Å². The number of nitrogens with zero attached hydrogens (tertiary/aromatic N) is 1. The first kappa shape index (κ1) is 13.9. The molecular weight excluding hydrogens is 242 g/mol. The van der Waals surface area contributed by atoms with Crippen LogP contribution in [0.15, 0.2) is 18.2 Å². The number of rotatable bonds is 5. The van der Waals surface area contributed by atoms with Crippen molar-refractivity contribution in [2.45, 2.75) is 25.2 Å². The van der Waals surface area contributed by atoms with Gasteiger partial charge >= 0.3 is 5.97 Å². The molecule has 0 spiro atoms. The molecule has 0 fully saturated rings. The molecule has 1 atom stereocenters. The molecule has 0 saturated heterocycles. The molecule has 1 aliphatic heterocycles. The van der Waals surface area contributed by atoms with Gasteiger partial charge in [0.05, 0.1) is 12.0 Å². The second-order valence-corrected chi connectivity index (χ2v) is 5.61. The molecule has 0 bridgehead atoms. The molecule has 1 aromatic rings. The minimum atomic E-state index is -0.845. The lowest BCUT2D eigenvalue weighted by Crippen LogP contribution is -2.35. The molecule has 0 aliphatic carbocycles. The topological polar surface area (TPSA) is 49.8 Å². The zero-order valence-corrected chi connectivity index (χ0v) is 11.8. The monoisotopic (exact) mass is 263 g/mol. The van der Waals surface area contributed by atoms with E-state index in [1.807, 2.05) is 37.2 Å². The molecule has 1 unspecified atom stereocenters. The molecule has 0 saturated carbocycles. The molecule has 1 heterocycles. The Balaban J connectivity index is 2.30. The number of carboxylic acids is 1. The van der Waals surface area contributed by atoms with Gasteiger partial charge in [0.1, 0.15) is 5.75 Å². The summed E-state index contributed by atoms with van der Waals surface area (Å²) in [5.74, 6) is 0.123. The molecule has 4 heteroatoms. The van der Waals surface area contributed by atoms with Crippen LogP contribution >= 0.6 is 0 Å². The Hall–Kier alpha value is -1.55. The Morgan fingerprint density at radius 2 is 2.21 bits per heavy atom. The van der Waals surface area contributed by atoms with Crippen molar-refractivity contribution < 1.29 is 14.6 Å². The molecule has 0 amide bonds. The first-order chi connectivity index (χ1) is 8.93. The average Bonchev–Trinajstić information content (AvgIpc) is 2.82. The van der Waals surface area contributed by atoms with E-state index in [4.69, 9.17) is 4.74 Å². The summed E-state index contributed by atoms with van der Waals surface area (Å²) in [6, 6.07) is 5.77. The van der Waals surface area contributed by atoms with Gasteiger partial charge in [0.25, 0.3) is 0 Å². The van der Waals surface area contributed by atoms with Gasteiger partial charge in [0.2, 0.25) is 0 Å². The van der Waals surface area contributed by atoms with Gasteiger partial charge in [-0.3, -0.25) is 4.79 Å². The molecule has 104 valence electrons. The number of carbonyl (C=O) groups is 1. The van der Waals surface area contributed by atoms with Gasteiger partial charge in [-0.15, -0.1) is 0 Å². The van der Waals surface area contributed by atoms with E-state index >= 15 is 0 Å². The van der Waals surface area contributed by atoms with Crippen LogP contribution in [-0.2, 0) is 16.6 Å². The Morgan fingerprint density at radius 3 is 2.84 bits per heavy atom. The molecular formula is C15H21NO3. The van der Waals surface area contributed by atoms with Crippen LogP contribution in [0.5, 0.6) is 5.75 Å². The van der Waals surface area contributed by atoms with Crippen molar-refractivity contribution in [2.75, 3.05) is 27.2 Å². The van der Waals surface area contributed by atoms with Crippen LogP contribution in [0, 0.1) is 0 Å². The van der Waals surface area contributed by atoms with Gasteiger partial charge in [0, 0.05) is 6.42 Å². The SMILES string of the molecule is CN(C)CCC(C)(C(=O)O)c1ccc2c(c1)CCO2. The van der Waals surface area contributed by atoms with Gasteiger partial charge in [-0.1, -0.05) is 12.1 Å². The van der Waals surface area contributed by atoms with Crippen LogP contribution in [-0.4, -0.2) is 43.2 Å². The zero-order valence-electron chi connectivity index (χ0n) is 11.8. The van der Waals surface area contributed by atoms with Gasteiger partial charge < -0.3 is 14.7 Å². The van der Waals surface area contributed by atoms with Crippen molar-refractivity contribution in [1.82, 2.24) is 4.90 Å². The third-order valence-electron chi connectivity index (χ3n) is 3.86. The maximum Gasteiger partial charge on any atom is 0.313 e. The minimum Gasteiger partial charge on any atom is -0.493 e. The highest BCUT2D eigenvalue weighted by Gasteiger charge is 2.35. The molecule has 19 heavy (non-hydrogen) atoms. The molecule has 1 aliphatic rings. The van der Waals surface area contributed by atoms with E-state index in [1.54, 1.807) is 6.92 Å². The summed E-state index contributed by atoms with van der Waals surface area (Å²) in [5.41, 5.74) is 1.14. The quantitative estimate of drug-likeness (QED) is 0.881. The number of aliphatic carboxylic acids is 1. The highest BCUT2D eigenvalue weighted by atomic mass is 16.5. The molecule has 2 rings (SSSR count). The van der Waals surface area contributed by atoms with E-state index in [-0.39, 0.29) is 0 Å². The number of fused-ring (bicyclic) bond motifs is 1. The third-order valence-corrected chi connectivity index (χ3v) is 3.86. The van der Waals surface area contributed by atoms with Gasteiger partial charge in [0.15, 0.2) is 0 Å². The standard InChI is InChI=1S/C15H21NO3/c1-15(14(17)18,7-8-16(2)3)12-4-5-13-11(10-12)6-9-19-13/h4-5,10H,6-9H2,1-3H3,(H,17,18). The Bertz CT molecular complexity index is 484. The predicted octanol–water partition coefficient (Wildman–Crippen LogP) is 1.92. The summed E-state index contributed by atoms with van der Waals surface area (Å²) in [4.78, 5) is 13.7. The van der Waals surface area contributed by atoms with Crippen molar-refractivity contribution in [3.63, 3.8) is 0 Å². The van der Waals surface area contributed by atoms with Crippen LogP contribution in [0.25, 0.3) is 0 Å². The fraction of sp³-hybridized carbons (Fsp3) is 0.533. The Morgan fingerprint density at radius 1 is 1.47 bits per heavy atom. The zero-order chi connectivity index (χ0) is 14.0. The third kappa shape index (κ3) is 2.73. The molecule has 0 aromatic heterocycles. The average molecular weight is 263 g/mol. The van der Waals surface area contributed by atoms with Crippen LogP contribution in [0.1, 0.15) is 24.5 Å². The van der Waals surface area contributed by atoms with E-state index in [1.165, 1.54) is 0 Å². The molecule has 1 aromatic carbocycles. The largest absolute Gasteiger partial charge is 0.493 e. The van der Waals surface area contributed by atoms with E-state index < -0.39 is 11.4 Å². The highest BCUT2D eigenvalue weighted by Crippen LogP contribution is 2.34. The summed E-state index contributed by atoms with van der Waals surface area (Å²) in [7, 11) is 3.91. The maximum absolute atomic E-state index is 11.7. The molecule has 0 radical (unpaired) electrons. The van der Waals surface area contributed by atoms with Gasteiger partial charge in [-0.2, -0.15) is 0 Å². The maximum atomic E-state index is 11.7. The fourth-order valence-electron chi connectivity index (χ4n) is 2.35. The number of carboxylic acid groups (broad SMARTS) is 1. The summed E-state index contributed by atoms with van der Waals surface area (Å²) in [6.07, 6.45) is 1.46. The number of benzene rings is 1. The van der Waals surface area contributed by atoms with E-state index in [9.17, 15) is 9.90 Å². The van der Waals surface area contributed by atoms with Crippen molar-refractivity contribution in [1.29, 1.82) is 0 Å². The molecule has 4 nitrogen and oxygen atoms in total. The van der Waals surface area contributed by atoms with E-state index in [2.05, 4.69) is 0 Å². The second kappa shape index (κ2) is 5.21. The summed E-state index contributed by atoms with van der Waals surface area (Å²) in [5, 5.41) is 9.60. The smallest absolute Gasteiger partial charge is 0.313 e. The first-order valence-corrected chi connectivity index (χ1v) is 6.58. The van der Waals surface area contributed by atoms with E-state index in [0.717, 1.165) is 29.8 Å². The number of hydrogen-bond donors (Lipinski definition) is 1. The van der Waals surface area contributed by atoms with Crippen LogP contribution in [0.3, 0.4) is 0 Å². The van der Waals surface area contributed by atoms with Crippen molar-refractivity contribution >= 4 is 5.97 Å². The lowest BCUT2D eigenvalue weighted by atomic mass is 9.78. The van der Waals surface area contributed by atoms with Crippen LogP contribution in [0.2, 0.25) is 0 Å². The minimum absolute atomic E-state index is 0.592. The fourth-order valence-corrected chi connectivity index (χ4v) is 2.35.